The second-order valence-electron chi connectivity index (χ2n) is 6.95. The minimum atomic E-state index is -0.0127. The Morgan fingerprint density at radius 1 is 1.32 bits per heavy atom. The molecule has 0 radical (unpaired) electrons. The first-order chi connectivity index (χ1) is 11.9. The average Bonchev–Trinajstić information content (AvgIpc) is 3.03. The Morgan fingerprint density at radius 2 is 2.12 bits per heavy atom. The number of aryl methyl sites for hydroxylation is 3. The summed E-state index contributed by atoms with van der Waals surface area (Å²) in [7, 11) is 0. The largest absolute Gasteiger partial charge is 0.493 e. The van der Waals surface area contributed by atoms with E-state index < -0.39 is 0 Å². The number of carbonyl (C=O) groups excluding carboxylic acids is 1. The van der Waals surface area contributed by atoms with Gasteiger partial charge in [0.1, 0.15) is 5.75 Å². The van der Waals surface area contributed by atoms with Crippen molar-refractivity contribution in [1.29, 1.82) is 0 Å². The second kappa shape index (κ2) is 7.25. The molecule has 0 aliphatic carbocycles. The van der Waals surface area contributed by atoms with E-state index in [2.05, 4.69) is 34.6 Å². The molecule has 1 unspecified atom stereocenters. The van der Waals surface area contributed by atoms with Gasteiger partial charge in [0, 0.05) is 30.7 Å². The molecule has 1 N–H and O–H groups in total. The van der Waals surface area contributed by atoms with Crippen molar-refractivity contribution in [2.24, 2.45) is 0 Å². The molecule has 0 bridgehead atoms. The smallest absolute Gasteiger partial charge is 0.220 e. The number of hydrogen-bond acceptors (Lipinski definition) is 5. The van der Waals surface area contributed by atoms with E-state index in [0.717, 1.165) is 23.3 Å². The lowest BCUT2D eigenvalue weighted by Gasteiger charge is -2.28. The van der Waals surface area contributed by atoms with E-state index in [-0.39, 0.29) is 17.9 Å². The second-order valence-corrected chi connectivity index (χ2v) is 6.95. The summed E-state index contributed by atoms with van der Waals surface area (Å²) in [6, 6.07) is 4.19. The van der Waals surface area contributed by atoms with Crippen LogP contribution in [0.15, 0.2) is 16.5 Å². The van der Waals surface area contributed by atoms with Gasteiger partial charge in [-0.3, -0.25) is 4.79 Å². The fourth-order valence-corrected chi connectivity index (χ4v) is 3.12. The molecule has 25 heavy (non-hydrogen) atoms. The lowest BCUT2D eigenvalue weighted by atomic mass is 9.95. The molecule has 0 fully saturated rings. The SMILES string of the molecule is Cc1cc(C)c2c(c1)C(NC(=O)CCc1nnc(C(C)C)o1)CCO2. The van der Waals surface area contributed by atoms with E-state index in [4.69, 9.17) is 9.15 Å². The van der Waals surface area contributed by atoms with Crippen LogP contribution < -0.4 is 10.1 Å². The summed E-state index contributed by atoms with van der Waals surface area (Å²) >= 11 is 0. The Morgan fingerprint density at radius 3 is 2.84 bits per heavy atom. The molecule has 1 aliphatic rings. The molecule has 1 aromatic heterocycles. The van der Waals surface area contributed by atoms with Crippen LogP contribution in [0.1, 0.15) is 67.1 Å². The van der Waals surface area contributed by atoms with E-state index in [9.17, 15) is 4.79 Å². The fraction of sp³-hybridized carbons (Fsp3) is 0.526. The minimum absolute atomic E-state index is 0.0104. The van der Waals surface area contributed by atoms with Gasteiger partial charge in [-0.15, -0.1) is 10.2 Å². The first-order valence-electron chi connectivity index (χ1n) is 8.79. The van der Waals surface area contributed by atoms with Gasteiger partial charge in [0.25, 0.3) is 0 Å². The van der Waals surface area contributed by atoms with Gasteiger partial charge >= 0.3 is 0 Å². The Balaban J connectivity index is 1.62. The number of nitrogens with zero attached hydrogens (tertiary/aromatic N) is 2. The van der Waals surface area contributed by atoms with Gasteiger partial charge in [-0.05, 0) is 19.4 Å². The molecule has 0 spiro atoms. The predicted molar refractivity (Wildman–Crippen MR) is 93.6 cm³/mol. The van der Waals surface area contributed by atoms with Crippen molar-refractivity contribution in [3.63, 3.8) is 0 Å². The minimum Gasteiger partial charge on any atom is -0.493 e. The third-order valence-corrected chi connectivity index (χ3v) is 4.35. The van der Waals surface area contributed by atoms with Crippen LogP contribution in [0.5, 0.6) is 5.75 Å². The molecule has 1 aromatic carbocycles. The van der Waals surface area contributed by atoms with Crippen LogP contribution in [0.2, 0.25) is 0 Å². The Labute approximate surface area is 148 Å². The summed E-state index contributed by atoms with van der Waals surface area (Å²) in [5.74, 6) is 2.21. The molecular weight excluding hydrogens is 318 g/mol. The van der Waals surface area contributed by atoms with Gasteiger partial charge in [-0.25, -0.2) is 0 Å². The van der Waals surface area contributed by atoms with Crippen molar-refractivity contribution in [3.05, 3.63) is 40.6 Å². The Bertz CT molecular complexity index is 767. The zero-order valence-electron chi connectivity index (χ0n) is 15.3. The van der Waals surface area contributed by atoms with Crippen molar-refractivity contribution in [3.8, 4) is 5.75 Å². The highest BCUT2D eigenvalue weighted by atomic mass is 16.5. The molecule has 2 heterocycles. The van der Waals surface area contributed by atoms with Crippen molar-refractivity contribution in [1.82, 2.24) is 15.5 Å². The summed E-state index contributed by atoms with van der Waals surface area (Å²) in [6.07, 6.45) is 1.56. The normalized spacial score (nSPS) is 16.4. The molecule has 3 rings (SSSR count). The third kappa shape index (κ3) is 4.00. The van der Waals surface area contributed by atoms with Crippen molar-refractivity contribution >= 4 is 5.91 Å². The maximum absolute atomic E-state index is 12.4. The zero-order chi connectivity index (χ0) is 18.0. The number of ether oxygens (including phenoxy) is 1. The van der Waals surface area contributed by atoms with E-state index in [1.807, 2.05) is 20.8 Å². The van der Waals surface area contributed by atoms with Crippen LogP contribution in [0.4, 0.5) is 0 Å². The highest BCUT2D eigenvalue weighted by Crippen LogP contribution is 2.35. The van der Waals surface area contributed by atoms with Crippen LogP contribution in [-0.2, 0) is 11.2 Å². The van der Waals surface area contributed by atoms with Crippen LogP contribution >= 0.6 is 0 Å². The van der Waals surface area contributed by atoms with Crippen LogP contribution in [0.25, 0.3) is 0 Å². The van der Waals surface area contributed by atoms with Crippen LogP contribution in [-0.4, -0.2) is 22.7 Å². The van der Waals surface area contributed by atoms with Gasteiger partial charge in [-0.2, -0.15) is 0 Å². The first kappa shape index (κ1) is 17.5. The highest BCUT2D eigenvalue weighted by molar-refractivity contribution is 5.76. The first-order valence-corrected chi connectivity index (χ1v) is 8.79. The molecule has 134 valence electrons. The van der Waals surface area contributed by atoms with Crippen molar-refractivity contribution < 1.29 is 13.9 Å². The summed E-state index contributed by atoms with van der Waals surface area (Å²) < 4.78 is 11.3. The van der Waals surface area contributed by atoms with E-state index in [0.29, 0.717) is 31.2 Å². The summed E-state index contributed by atoms with van der Waals surface area (Å²) in [4.78, 5) is 12.4. The molecule has 6 heteroatoms. The van der Waals surface area contributed by atoms with Gasteiger partial charge in [0.2, 0.25) is 17.7 Å². The fourth-order valence-electron chi connectivity index (χ4n) is 3.12. The number of aromatic nitrogens is 2. The third-order valence-electron chi connectivity index (χ3n) is 4.35. The van der Waals surface area contributed by atoms with Gasteiger partial charge in [0.15, 0.2) is 0 Å². The van der Waals surface area contributed by atoms with Crippen LogP contribution in [0.3, 0.4) is 0 Å². The van der Waals surface area contributed by atoms with Crippen LogP contribution in [0, 0.1) is 13.8 Å². The number of benzene rings is 1. The molecule has 6 nitrogen and oxygen atoms in total. The molecular formula is C19H25N3O3. The predicted octanol–water partition coefficient (Wildman–Crippen LogP) is 3.38. The number of rotatable bonds is 5. The van der Waals surface area contributed by atoms with Crippen molar-refractivity contribution in [2.45, 2.75) is 58.9 Å². The van der Waals surface area contributed by atoms with Gasteiger partial charge in [-0.1, -0.05) is 31.5 Å². The van der Waals surface area contributed by atoms with Crippen molar-refractivity contribution in [2.75, 3.05) is 6.61 Å². The average molecular weight is 343 g/mol. The summed E-state index contributed by atoms with van der Waals surface area (Å²) in [6.45, 7) is 8.71. The highest BCUT2D eigenvalue weighted by Gasteiger charge is 2.24. The molecule has 2 aromatic rings. The Hall–Kier alpha value is -2.37. The topological polar surface area (TPSA) is 77.3 Å². The van der Waals surface area contributed by atoms with E-state index in [1.165, 1.54) is 5.56 Å². The monoisotopic (exact) mass is 343 g/mol. The molecule has 1 atom stereocenters. The lowest BCUT2D eigenvalue weighted by molar-refractivity contribution is -0.122. The number of hydrogen-bond donors (Lipinski definition) is 1. The van der Waals surface area contributed by atoms with E-state index in [1.54, 1.807) is 0 Å². The Kier molecular flexibility index (Phi) is 5.06. The molecule has 1 amide bonds. The summed E-state index contributed by atoms with van der Waals surface area (Å²) in [5.41, 5.74) is 3.35. The van der Waals surface area contributed by atoms with Gasteiger partial charge < -0.3 is 14.5 Å². The van der Waals surface area contributed by atoms with Gasteiger partial charge in [0.05, 0.1) is 12.6 Å². The molecule has 1 aliphatic heterocycles. The quantitative estimate of drug-likeness (QED) is 0.900. The zero-order valence-corrected chi connectivity index (χ0v) is 15.3. The maximum atomic E-state index is 12.4. The summed E-state index contributed by atoms with van der Waals surface area (Å²) in [5, 5.41) is 11.1. The van der Waals surface area contributed by atoms with E-state index >= 15 is 0 Å². The number of amides is 1. The molecule has 0 saturated heterocycles. The number of carbonyl (C=O) groups is 1. The number of nitrogens with one attached hydrogen (secondary N) is 1. The lowest BCUT2D eigenvalue weighted by Crippen LogP contribution is -2.32. The molecule has 0 saturated carbocycles. The number of fused-ring (bicyclic) bond motifs is 1. The maximum Gasteiger partial charge on any atom is 0.220 e. The standard InChI is InChI=1S/C19H25N3O3/c1-11(2)19-22-21-17(25-19)6-5-16(23)20-15-7-8-24-18-13(4)9-12(3)10-14(15)18/h9-11,15H,5-8H2,1-4H3,(H,20,23).